The van der Waals surface area contributed by atoms with E-state index in [4.69, 9.17) is 0 Å². The van der Waals surface area contributed by atoms with Gasteiger partial charge in [-0.15, -0.1) is 0 Å². The molecule has 0 radical (unpaired) electrons. The minimum Gasteiger partial charge on any atom is -0.313 e. The van der Waals surface area contributed by atoms with Crippen molar-refractivity contribution in [2.24, 2.45) is 0 Å². The molecule has 0 aliphatic carbocycles. The quantitative estimate of drug-likeness (QED) is 0.868. The number of rotatable bonds is 4. The zero-order valence-electron chi connectivity index (χ0n) is 10.3. The number of benzene rings is 1. The summed E-state index contributed by atoms with van der Waals surface area (Å²) >= 11 is 3.08. The molecule has 1 aromatic carbocycles. The molecule has 5 heteroatoms. The van der Waals surface area contributed by atoms with E-state index < -0.39 is 17.7 Å². The summed E-state index contributed by atoms with van der Waals surface area (Å²) in [7, 11) is 1.68. The predicted molar refractivity (Wildman–Crippen MR) is 73.8 cm³/mol. The average Bonchev–Trinajstić information content (AvgIpc) is 2.43. The van der Waals surface area contributed by atoms with Gasteiger partial charge in [0.15, 0.2) is 0 Å². The SMILES string of the molecule is CNC(Cc1cccnc1)c1c(F)ccc(Br)c1F. The Kier molecular flexibility index (Phi) is 4.61. The number of aromatic nitrogens is 1. The van der Waals surface area contributed by atoms with Gasteiger partial charge in [0.1, 0.15) is 11.6 Å². The van der Waals surface area contributed by atoms with E-state index >= 15 is 0 Å². The van der Waals surface area contributed by atoms with Crippen molar-refractivity contribution in [1.29, 1.82) is 0 Å². The number of pyridine rings is 1. The van der Waals surface area contributed by atoms with Crippen LogP contribution in [0.15, 0.2) is 41.1 Å². The summed E-state index contributed by atoms with van der Waals surface area (Å²) in [5, 5.41) is 2.95. The van der Waals surface area contributed by atoms with Crippen molar-refractivity contribution in [3.05, 3.63) is 63.9 Å². The van der Waals surface area contributed by atoms with Crippen LogP contribution < -0.4 is 5.32 Å². The largest absolute Gasteiger partial charge is 0.313 e. The van der Waals surface area contributed by atoms with Crippen LogP contribution in [0, 0.1) is 11.6 Å². The van der Waals surface area contributed by atoms with Crippen molar-refractivity contribution >= 4 is 15.9 Å². The Morgan fingerprint density at radius 2 is 2.11 bits per heavy atom. The standard InChI is InChI=1S/C14H13BrF2N2/c1-18-12(7-9-3-2-6-19-8-9)13-11(16)5-4-10(15)14(13)17/h2-6,8,12,18H,7H2,1H3. The average molecular weight is 327 g/mol. The molecule has 2 aromatic rings. The number of nitrogens with one attached hydrogen (secondary N) is 1. The second kappa shape index (κ2) is 6.21. The van der Waals surface area contributed by atoms with Crippen LogP contribution in [0.5, 0.6) is 0 Å². The topological polar surface area (TPSA) is 24.9 Å². The minimum absolute atomic E-state index is 0.0423. The van der Waals surface area contributed by atoms with Crippen LogP contribution in [0.4, 0.5) is 8.78 Å². The highest BCUT2D eigenvalue weighted by Crippen LogP contribution is 2.28. The van der Waals surface area contributed by atoms with Crippen molar-refractivity contribution in [1.82, 2.24) is 10.3 Å². The van der Waals surface area contributed by atoms with Gasteiger partial charge in [0.2, 0.25) is 0 Å². The molecule has 0 saturated heterocycles. The number of nitrogens with zero attached hydrogens (tertiary/aromatic N) is 1. The third kappa shape index (κ3) is 3.16. The maximum atomic E-state index is 14.1. The predicted octanol–water partition coefficient (Wildman–Crippen LogP) is 3.63. The molecule has 2 nitrogen and oxygen atoms in total. The maximum absolute atomic E-state index is 14.1. The molecular formula is C14H13BrF2N2. The van der Waals surface area contributed by atoms with E-state index in [2.05, 4.69) is 26.2 Å². The third-order valence-corrected chi connectivity index (χ3v) is 3.55. The summed E-state index contributed by atoms with van der Waals surface area (Å²) < 4.78 is 28.2. The monoisotopic (exact) mass is 326 g/mol. The minimum atomic E-state index is -0.566. The molecule has 0 saturated carbocycles. The molecule has 0 amide bonds. The van der Waals surface area contributed by atoms with E-state index in [0.29, 0.717) is 6.42 Å². The number of hydrogen-bond donors (Lipinski definition) is 1. The fourth-order valence-corrected chi connectivity index (χ4v) is 2.31. The second-order valence-corrected chi connectivity index (χ2v) is 5.02. The Hall–Kier alpha value is -1.33. The maximum Gasteiger partial charge on any atom is 0.145 e. The highest BCUT2D eigenvalue weighted by atomic mass is 79.9. The summed E-state index contributed by atoms with van der Waals surface area (Å²) in [6, 6.07) is 5.86. The molecular weight excluding hydrogens is 314 g/mol. The molecule has 0 aliphatic rings. The van der Waals surface area contributed by atoms with E-state index in [1.54, 1.807) is 25.5 Å². The van der Waals surface area contributed by atoms with Crippen molar-refractivity contribution in [2.45, 2.75) is 12.5 Å². The lowest BCUT2D eigenvalue weighted by atomic mass is 9.99. The Labute approximate surface area is 119 Å². The summed E-state index contributed by atoms with van der Waals surface area (Å²) in [4.78, 5) is 4.00. The molecule has 100 valence electrons. The number of hydrogen-bond acceptors (Lipinski definition) is 2. The first kappa shape index (κ1) is 14.1. The zero-order chi connectivity index (χ0) is 13.8. The van der Waals surface area contributed by atoms with Crippen molar-refractivity contribution in [3.8, 4) is 0 Å². The molecule has 1 unspecified atom stereocenters. The first-order chi connectivity index (χ1) is 9.13. The van der Waals surface area contributed by atoms with Gasteiger partial charge in [-0.1, -0.05) is 6.07 Å². The van der Waals surface area contributed by atoms with Crippen molar-refractivity contribution < 1.29 is 8.78 Å². The van der Waals surface area contributed by atoms with Gasteiger partial charge in [-0.05, 0) is 53.2 Å². The zero-order valence-corrected chi connectivity index (χ0v) is 11.9. The van der Waals surface area contributed by atoms with Crippen molar-refractivity contribution in [2.75, 3.05) is 7.05 Å². The fraction of sp³-hybridized carbons (Fsp3) is 0.214. The summed E-state index contributed by atoms with van der Waals surface area (Å²) in [5.74, 6) is -1.12. The first-order valence-electron chi connectivity index (χ1n) is 5.83. The Morgan fingerprint density at radius 3 is 2.74 bits per heavy atom. The van der Waals surface area contributed by atoms with E-state index in [0.717, 1.165) is 5.56 Å². The van der Waals surface area contributed by atoms with Crippen molar-refractivity contribution in [3.63, 3.8) is 0 Å². The van der Waals surface area contributed by atoms with Gasteiger partial charge >= 0.3 is 0 Å². The normalized spacial score (nSPS) is 12.4. The van der Waals surface area contributed by atoms with Crippen LogP contribution in [-0.2, 0) is 6.42 Å². The molecule has 19 heavy (non-hydrogen) atoms. The van der Waals surface area contributed by atoms with Crippen LogP contribution in [-0.4, -0.2) is 12.0 Å². The number of likely N-dealkylation sites (N-methyl/N-ethyl adjacent to an activating group) is 1. The lowest BCUT2D eigenvalue weighted by Gasteiger charge is -2.18. The molecule has 2 rings (SSSR count). The van der Waals surface area contributed by atoms with Gasteiger partial charge in [0.05, 0.1) is 4.47 Å². The van der Waals surface area contributed by atoms with Crippen LogP contribution >= 0.6 is 15.9 Å². The molecule has 1 atom stereocenters. The van der Waals surface area contributed by atoms with E-state index in [1.165, 1.54) is 12.1 Å². The molecule has 1 N–H and O–H groups in total. The third-order valence-electron chi connectivity index (χ3n) is 2.94. The Balaban J connectivity index is 2.35. The summed E-state index contributed by atoms with van der Waals surface area (Å²) in [6.45, 7) is 0. The lowest BCUT2D eigenvalue weighted by Crippen LogP contribution is -2.21. The van der Waals surface area contributed by atoms with Crippen LogP contribution in [0.25, 0.3) is 0 Å². The van der Waals surface area contributed by atoms with Crippen LogP contribution in [0.1, 0.15) is 17.2 Å². The van der Waals surface area contributed by atoms with Crippen LogP contribution in [0.3, 0.4) is 0 Å². The molecule has 0 spiro atoms. The first-order valence-corrected chi connectivity index (χ1v) is 6.62. The highest BCUT2D eigenvalue weighted by molar-refractivity contribution is 9.10. The van der Waals surface area contributed by atoms with Gasteiger partial charge in [-0.2, -0.15) is 0 Å². The second-order valence-electron chi connectivity index (χ2n) is 4.16. The molecule has 0 bridgehead atoms. The van der Waals surface area contributed by atoms with Gasteiger partial charge in [-0.3, -0.25) is 4.98 Å². The smallest absolute Gasteiger partial charge is 0.145 e. The van der Waals surface area contributed by atoms with E-state index in [1.807, 2.05) is 6.07 Å². The van der Waals surface area contributed by atoms with Crippen LogP contribution in [0.2, 0.25) is 0 Å². The van der Waals surface area contributed by atoms with E-state index in [9.17, 15) is 8.78 Å². The van der Waals surface area contributed by atoms with Gasteiger partial charge in [-0.25, -0.2) is 8.78 Å². The number of halogens is 3. The summed E-state index contributed by atoms with van der Waals surface area (Å²) in [6.07, 6.45) is 3.82. The van der Waals surface area contributed by atoms with Gasteiger partial charge in [0, 0.05) is 24.0 Å². The highest BCUT2D eigenvalue weighted by Gasteiger charge is 2.21. The molecule has 1 heterocycles. The van der Waals surface area contributed by atoms with Gasteiger partial charge in [0.25, 0.3) is 0 Å². The summed E-state index contributed by atoms with van der Waals surface area (Å²) in [5.41, 5.74) is 0.960. The molecule has 0 aliphatic heterocycles. The molecule has 1 aromatic heterocycles. The van der Waals surface area contributed by atoms with E-state index in [-0.39, 0.29) is 10.0 Å². The fourth-order valence-electron chi connectivity index (χ4n) is 1.97. The Bertz CT molecular complexity index is 561. The molecule has 0 fully saturated rings. The lowest BCUT2D eigenvalue weighted by molar-refractivity contribution is 0.486. The van der Waals surface area contributed by atoms with Gasteiger partial charge < -0.3 is 5.32 Å². The Morgan fingerprint density at radius 1 is 1.32 bits per heavy atom.